The van der Waals surface area contributed by atoms with Gasteiger partial charge in [0.2, 0.25) is 0 Å². The molecule has 0 bridgehead atoms. The predicted molar refractivity (Wildman–Crippen MR) is 137 cm³/mol. The van der Waals surface area contributed by atoms with Gasteiger partial charge in [-0.3, -0.25) is 10.1 Å². The summed E-state index contributed by atoms with van der Waals surface area (Å²) in [4.78, 5) is 38.2. The van der Waals surface area contributed by atoms with Crippen LogP contribution >= 0.6 is 15.9 Å². The number of carbonyl (C=O) groups is 3. The van der Waals surface area contributed by atoms with Gasteiger partial charge in [0.25, 0.3) is 5.91 Å². The van der Waals surface area contributed by atoms with Gasteiger partial charge in [-0.2, -0.15) is 0 Å². The Morgan fingerprint density at radius 3 is 2.20 bits per heavy atom. The van der Waals surface area contributed by atoms with E-state index in [1.807, 2.05) is 36.4 Å². The number of nitrogens with one attached hydrogen (secondary N) is 1. The van der Waals surface area contributed by atoms with Crippen molar-refractivity contribution in [3.63, 3.8) is 0 Å². The van der Waals surface area contributed by atoms with E-state index in [0.29, 0.717) is 10.2 Å². The van der Waals surface area contributed by atoms with Gasteiger partial charge >= 0.3 is 12.1 Å². The van der Waals surface area contributed by atoms with Crippen molar-refractivity contribution in [1.82, 2.24) is 4.90 Å². The second kappa shape index (κ2) is 10.3. The first-order valence-electron chi connectivity index (χ1n) is 11.3. The molecule has 0 saturated heterocycles. The van der Waals surface area contributed by atoms with Crippen LogP contribution in [-0.2, 0) is 9.53 Å². The third kappa shape index (κ3) is 4.93. The zero-order chi connectivity index (χ0) is 25.1. The van der Waals surface area contributed by atoms with Gasteiger partial charge in [0.15, 0.2) is 0 Å². The van der Waals surface area contributed by atoms with Gasteiger partial charge in [0.05, 0.1) is 5.69 Å². The van der Waals surface area contributed by atoms with Crippen LogP contribution in [0.15, 0.2) is 71.2 Å². The fourth-order valence-corrected chi connectivity index (χ4v) is 4.74. The summed E-state index contributed by atoms with van der Waals surface area (Å²) >= 11 is 3.39. The van der Waals surface area contributed by atoms with Crippen molar-refractivity contribution in [3.8, 4) is 11.1 Å². The summed E-state index contributed by atoms with van der Waals surface area (Å²) in [5.74, 6) is -1.60. The maximum Gasteiger partial charge on any atom is 0.411 e. The molecular formula is C27H25BrN2O5. The maximum absolute atomic E-state index is 12.9. The van der Waals surface area contributed by atoms with Crippen LogP contribution in [0.3, 0.4) is 0 Å². The number of carbonyl (C=O) groups excluding carboxylic acids is 2. The van der Waals surface area contributed by atoms with Gasteiger partial charge in [0.1, 0.15) is 12.6 Å². The maximum atomic E-state index is 12.9. The average Bonchev–Trinajstić information content (AvgIpc) is 3.18. The molecule has 4 rings (SSSR count). The summed E-state index contributed by atoms with van der Waals surface area (Å²) in [7, 11) is 0. The van der Waals surface area contributed by atoms with Gasteiger partial charge in [-0.25, -0.2) is 9.59 Å². The number of carboxylic acids is 1. The molecule has 2 N–H and O–H groups in total. The monoisotopic (exact) mass is 536 g/mol. The van der Waals surface area contributed by atoms with Gasteiger partial charge < -0.3 is 14.7 Å². The van der Waals surface area contributed by atoms with Crippen LogP contribution in [0.1, 0.15) is 41.3 Å². The Kier molecular flexibility index (Phi) is 7.21. The van der Waals surface area contributed by atoms with E-state index in [2.05, 4.69) is 33.4 Å². The Hall–Kier alpha value is -3.65. The Bertz CT molecular complexity index is 1250. The second-order valence-corrected chi connectivity index (χ2v) is 9.10. The lowest BCUT2D eigenvalue weighted by Gasteiger charge is -2.25. The summed E-state index contributed by atoms with van der Waals surface area (Å²) in [6, 6.07) is 19.9. The molecule has 1 aliphatic rings. The van der Waals surface area contributed by atoms with Crippen LogP contribution in [0.5, 0.6) is 0 Å². The smallest absolute Gasteiger partial charge is 0.411 e. The molecule has 3 aromatic rings. The van der Waals surface area contributed by atoms with Gasteiger partial charge in [-0.05, 0) is 70.2 Å². The first kappa shape index (κ1) is 24.5. The SMILES string of the molecule is CCN(C(=O)c1ccc(Br)c(NC(=O)OCC2c3ccccc3-c3ccccc32)c1)C(C)C(=O)O. The molecule has 1 aliphatic carbocycles. The summed E-state index contributed by atoms with van der Waals surface area (Å²) in [5.41, 5.74) is 5.12. The van der Waals surface area contributed by atoms with Crippen molar-refractivity contribution in [3.05, 3.63) is 87.9 Å². The summed E-state index contributed by atoms with van der Waals surface area (Å²) in [6.07, 6.45) is -0.650. The number of fused-ring (bicyclic) bond motifs is 3. The number of halogens is 1. The van der Waals surface area contributed by atoms with Crippen LogP contribution in [0.4, 0.5) is 10.5 Å². The summed E-state index contributed by atoms with van der Waals surface area (Å²) in [6.45, 7) is 3.57. The standard InChI is InChI=1S/C27H25BrN2O5/c1-3-30(16(2)26(32)33)25(31)17-12-13-23(28)24(14-17)29-27(34)35-15-22-20-10-6-4-8-18(20)19-9-5-7-11-21(19)22/h4-14,16,22H,3,15H2,1-2H3,(H,29,34)(H,32,33). The zero-order valence-electron chi connectivity index (χ0n) is 19.3. The lowest BCUT2D eigenvalue weighted by molar-refractivity contribution is -0.141. The third-order valence-electron chi connectivity index (χ3n) is 6.22. The molecule has 0 fully saturated rings. The van der Waals surface area contributed by atoms with E-state index in [4.69, 9.17) is 4.74 Å². The number of rotatable bonds is 7. The first-order chi connectivity index (χ1) is 16.8. The minimum atomic E-state index is -1.09. The number of amides is 2. The number of anilines is 1. The lowest BCUT2D eigenvalue weighted by atomic mass is 9.98. The molecule has 0 radical (unpaired) electrons. The molecule has 7 nitrogen and oxygen atoms in total. The normalized spacial score (nSPS) is 12.9. The van der Waals surface area contributed by atoms with E-state index in [-0.39, 0.29) is 24.6 Å². The number of likely N-dealkylation sites (N-methyl/N-ethyl adjacent to an activating group) is 1. The first-order valence-corrected chi connectivity index (χ1v) is 12.1. The van der Waals surface area contributed by atoms with Crippen LogP contribution in [0.2, 0.25) is 0 Å². The Morgan fingerprint density at radius 1 is 1.03 bits per heavy atom. The third-order valence-corrected chi connectivity index (χ3v) is 6.91. The molecule has 8 heteroatoms. The number of hydrogen-bond donors (Lipinski definition) is 2. The summed E-state index contributed by atoms with van der Waals surface area (Å²) in [5, 5.41) is 12.0. The molecule has 0 spiro atoms. The van der Waals surface area contributed by atoms with Gasteiger partial charge in [-0.1, -0.05) is 48.5 Å². The second-order valence-electron chi connectivity index (χ2n) is 8.25. The Labute approximate surface area is 211 Å². The number of ether oxygens (including phenoxy) is 1. The molecule has 0 heterocycles. The number of nitrogens with zero attached hydrogens (tertiary/aromatic N) is 1. The lowest BCUT2D eigenvalue weighted by Crippen LogP contribution is -2.43. The highest BCUT2D eigenvalue weighted by Gasteiger charge is 2.29. The molecule has 1 unspecified atom stereocenters. The largest absolute Gasteiger partial charge is 0.480 e. The molecule has 0 aliphatic heterocycles. The topological polar surface area (TPSA) is 95.9 Å². The molecule has 2 amide bonds. The molecule has 1 atom stereocenters. The van der Waals surface area contributed by atoms with Gasteiger partial charge in [0, 0.05) is 22.5 Å². The van der Waals surface area contributed by atoms with E-state index < -0.39 is 24.0 Å². The van der Waals surface area contributed by atoms with Crippen LogP contribution < -0.4 is 5.32 Å². The fourth-order valence-electron chi connectivity index (χ4n) is 4.39. The fraction of sp³-hybridized carbons (Fsp3) is 0.222. The average molecular weight is 537 g/mol. The quantitative estimate of drug-likeness (QED) is 0.401. The van der Waals surface area contributed by atoms with E-state index in [1.54, 1.807) is 19.1 Å². The minimum absolute atomic E-state index is 0.0693. The highest BCUT2D eigenvalue weighted by Crippen LogP contribution is 2.44. The van der Waals surface area contributed by atoms with Crippen LogP contribution in [-0.4, -0.2) is 47.2 Å². The van der Waals surface area contributed by atoms with E-state index in [1.165, 1.54) is 17.9 Å². The zero-order valence-corrected chi connectivity index (χ0v) is 20.9. The molecular weight excluding hydrogens is 512 g/mol. The number of aliphatic carboxylic acids is 1. The summed E-state index contributed by atoms with van der Waals surface area (Å²) < 4.78 is 6.16. The molecule has 3 aromatic carbocycles. The van der Waals surface area contributed by atoms with Crippen molar-refractivity contribution in [2.45, 2.75) is 25.8 Å². The van der Waals surface area contributed by atoms with Crippen molar-refractivity contribution in [2.24, 2.45) is 0 Å². The van der Waals surface area contributed by atoms with Crippen molar-refractivity contribution in [2.75, 3.05) is 18.5 Å². The van der Waals surface area contributed by atoms with Crippen molar-refractivity contribution < 1.29 is 24.2 Å². The number of hydrogen-bond acceptors (Lipinski definition) is 4. The van der Waals surface area contributed by atoms with Crippen LogP contribution in [0.25, 0.3) is 11.1 Å². The molecule has 180 valence electrons. The van der Waals surface area contributed by atoms with Crippen molar-refractivity contribution >= 4 is 39.6 Å². The van der Waals surface area contributed by atoms with Crippen LogP contribution in [0, 0.1) is 0 Å². The van der Waals surface area contributed by atoms with Gasteiger partial charge in [-0.15, -0.1) is 0 Å². The molecule has 0 saturated carbocycles. The van der Waals surface area contributed by atoms with E-state index >= 15 is 0 Å². The van der Waals surface area contributed by atoms with E-state index in [9.17, 15) is 19.5 Å². The number of carboxylic acid groups (broad SMARTS) is 1. The highest BCUT2D eigenvalue weighted by atomic mass is 79.9. The van der Waals surface area contributed by atoms with E-state index in [0.717, 1.165) is 22.3 Å². The number of benzene rings is 3. The van der Waals surface area contributed by atoms with Crippen molar-refractivity contribution in [1.29, 1.82) is 0 Å². The highest BCUT2D eigenvalue weighted by molar-refractivity contribution is 9.10. The Balaban J connectivity index is 1.47. The molecule has 35 heavy (non-hydrogen) atoms. The molecule has 0 aromatic heterocycles. The Morgan fingerprint density at radius 2 is 1.63 bits per heavy atom. The minimum Gasteiger partial charge on any atom is -0.480 e. The predicted octanol–water partition coefficient (Wildman–Crippen LogP) is 5.75.